The van der Waals surface area contributed by atoms with Crippen molar-refractivity contribution in [2.75, 3.05) is 20.1 Å². The number of carbonyl (C=O) groups is 1. The third-order valence-corrected chi connectivity index (χ3v) is 4.18. The van der Waals surface area contributed by atoms with Crippen LogP contribution in [0.5, 0.6) is 0 Å². The van der Waals surface area contributed by atoms with Gasteiger partial charge in [-0.15, -0.1) is 5.10 Å². The maximum absolute atomic E-state index is 12.4. The van der Waals surface area contributed by atoms with Crippen molar-refractivity contribution in [3.63, 3.8) is 0 Å². The van der Waals surface area contributed by atoms with E-state index in [0.29, 0.717) is 23.8 Å². The fourth-order valence-corrected chi connectivity index (χ4v) is 2.75. The van der Waals surface area contributed by atoms with Crippen LogP contribution in [0.4, 0.5) is 0 Å². The van der Waals surface area contributed by atoms with E-state index in [2.05, 4.69) is 21.2 Å². The van der Waals surface area contributed by atoms with Crippen molar-refractivity contribution in [1.82, 2.24) is 30.7 Å². The number of nitrogens with zero attached hydrogens (tertiary/aromatic N) is 4. The lowest BCUT2D eigenvalue weighted by Crippen LogP contribution is -2.41. The van der Waals surface area contributed by atoms with Gasteiger partial charge in [0.15, 0.2) is 5.69 Å². The molecule has 0 bridgehead atoms. The van der Waals surface area contributed by atoms with Crippen LogP contribution in [0.25, 0.3) is 0 Å². The molecule has 1 fully saturated rings. The second-order valence-corrected chi connectivity index (χ2v) is 6.04. The van der Waals surface area contributed by atoms with Crippen LogP contribution in [0.15, 0.2) is 30.5 Å². The van der Waals surface area contributed by atoms with Gasteiger partial charge in [0, 0.05) is 31.2 Å². The predicted octanol–water partition coefficient (Wildman–Crippen LogP) is 0.918. The van der Waals surface area contributed by atoms with E-state index in [-0.39, 0.29) is 11.9 Å². The highest BCUT2D eigenvalue weighted by atomic mass is 35.5. The Kier molecular flexibility index (Phi) is 4.90. The summed E-state index contributed by atoms with van der Waals surface area (Å²) >= 11 is 6.14. The van der Waals surface area contributed by atoms with E-state index in [1.54, 1.807) is 22.8 Å². The molecule has 0 spiro atoms. The van der Waals surface area contributed by atoms with Gasteiger partial charge in [0.1, 0.15) is 0 Å². The summed E-state index contributed by atoms with van der Waals surface area (Å²) in [5, 5.41) is 8.67. The molecular weight excluding hydrogens is 316 g/mol. The van der Waals surface area contributed by atoms with E-state index < -0.39 is 0 Å². The average molecular weight is 335 g/mol. The molecule has 1 aliphatic rings. The van der Waals surface area contributed by atoms with E-state index in [9.17, 15) is 4.79 Å². The predicted molar refractivity (Wildman–Crippen MR) is 87.1 cm³/mol. The first-order valence-electron chi connectivity index (χ1n) is 7.51. The standard InChI is InChI=1S/C15H19ClN6O/c1-21(9-12-6-7-17-18-12)15(23)14-10-22(20-19-14)8-11-4-2-3-5-13(11)16/h2-5,10,12,17-18H,6-9H2,1H3. The Morgan fingerprint density at radius 2 is 2.30 bits per heavy atom. The molecule has 0 saturated carbocycles. The van der Waals surface area contributed by atoms with Gasteiger partial charge in [0.25, 0.3) is 5.91 Å². The molecule has 0 aliphatic carbocycles. The Morgan fingerprint density at radius 1 is 1.48 bits per heavy atom. The van der Waals surface area contributed by atoms with Crippen molar-refractivity contribution >= 4 is 17.5 Å². The number of rotatable bonds is 5. The van der Waals surface area contributed by atoms with Crippen molar-refractivity contribution in [2.24, 2.45) is 0 Å². The molecule has 0 radical (unpaired) electrons. The summed E-state index contributed by atoms with van der Waals surface area (Å²) in [6.07, 6.45) is 2.65. The molecule has 1 saturated heterocycles. The molecule has 3 rings (SSSR count). The molecule has 1 aromatic carbocycles. The van der Waals surface area contributed by atoms with E-state index >= 15 is 0 Å². The van der Waals surface area contributed by atoms with E-state index in [4.69, 9.17) is 11.6 Å². The van der Waals surface area contributed by atoms with Crippen LogP contribution in [0.1, 0.15) is 22.5 Å². The third-order valence-electron chi connectivity index (χ3n) is 3.81. The number of benzene rings is 1. The minimum Gasteiger partial charge on any atom is -0.339 e. The van der Waals surface area contributed by atoms with Gasteiger partial charge in [-0.25, -0.2) is 4.68 Å². The summed E-state index contributed by atoms with van der Waals surface area (Å²) < 4.78 is 1.62. The summed E-state index contributed by atoms with van der Waals surface area (Å²) in [5.41, 5.74) is 7.47. The zero-order valence-electron chi connectivity index (χ0n) is 12.9. The SMILES string of the molecule is CN(CC1CCNN1)C(=O)c1cn(Cc2ccccc2Cl)nn1. The first-order chi connectivity index (χ1) is 11.1. The van der Waals surface area contributed by atoms with Gasteiger partial charge in [-0.1, -0.05) is 35.0 Å². The zero-order chi connectivity index (χ0) is 16.2. The van der Waals surface area contributed by atoms with Gasteiger partial charge >= 0.3 is 0 Å². The molecule has 7 nitrogen and oxygen atoms in total. The second kappa shape index (κ2) is 7.08. The van der Waals surface area contributed by atoms with Gasteiger partial charge < -0.3 is 4.90 Å². The molecule has 1 aliphatic heterocycles. The van der Waals surface area contributed by atoms with Crippen molar-refractivity contribution in [1.29, 1.82) is 0 Å². The van der Waals surface area contributed by atoms with Crippen LogP contribution >= 0.6 is 11.6 Å². The highest BCUT2D eigenvalue weighted by Crippen LogP contribution is 2.16. The number of carbonyl (C=O) groups excluding carboxylic acids is 1. The number of hydrogen-bond donors (Lipinski definition) is 2. The first-order valence-corrected chi connectivity index (χ1v) is 7.88. The monoisotopic (exact) mass is 334 g/mol. The molecular formula is C15H19ClN6O. The second-order valence-electron chi connectivity index (χ2n) is 5.64. The van der Waals surface area contributed by atoms with Crippen molar-refractivity contribution in [2.45, 2.75) is 19.0 Å². The highest BCUT2D eigenvalue weighted by molar-refractivity contribution is 6.31. The topological polar surface area (TPSA) is 75.1 Å². The van der Waals surface area contributed by atoms with Crippen molar-refractivity contribution in [3.05, 3.63) is 46.7 Å². The number of nitrogens with one attached hydrogen (secondary N) is 2. The Balaban J connectivity index is 1.64. The molecule has 1 unspecified atom stereocenters. The van der Waals surface area contributed by atoms with Crippen LogP contribution < -0.4 is 10.9 Å². The van der Waals surface area contributed by atoms with E-state index in [0.717, 1.165) is 18.5 Å². The average Bonchev–Trinajstić information content (AvgIpc) is 3.20. The van der Waals surface area contributed by atoms with Crippen LogP contribution in [-0.4, -0.2) is 52.0 Å². The third kappa shape index (κ3) is 3.87. The van der Waals surface area contributed by atoms with Crippen LogP contribution in [0.2, 0.25) is 5.02 Å². The smallest absolute Gasteiger partial charge is 0.275 e. The highest BCUT2D eigenvalue weighted by Gasteiger charge is 2.21. The number of likely N-dealkylation sites (N-methyl/N-ethyl adjacent to an activating group) is 1. The first kappa shape index (κ1) is 15.9. The Labute approximate surface area is 139 Å². The van der Waals surface area contributed by atoms with Gasteiger partial charge in [0.2, 0.25) is 0 Å². The quantitative estimate of drug-likeness (QED) is 0.850. The van der Waals surface area contributed by atoms with Gasteiger partial charge in [-0.05, 0) is 18.1 Å². The Bertz CT molecular complexity index is 682. The van der Waals surface area contributed by atoms with E-state index in [1.165, 1.54) is 0 Å². The van der Waals surface area contributed by atoms with Gasteiger partial charge in [-0.2, -0.15) is 0 Å². The molecule has 1 aromatic heterocycles. The van der Waals surface area contributed by atoms with Crippen molar-refractivity contribution in [3.8, 4) is 0 Å². The fourth-order valence-electron chi connectivity index (χ4n) is 2.56. The van der Waals surface area contributed by atoms with Crippen molar-refractivity contribution < 1.29 is 4.79 Å². The molecule has 2 heterocycles. The number of hydrazine groups is 1. The summed E-state index contributed by atoms with van der Waals surface area (Å²) in [6, 6.07) is 7.82. The molecule has 23 heavy (non-hydrogen) atoms. The lowest BCUT2D eigenvalue weighted by molar-refractivity contribution is 0.0777. The number of halogens is 1. The Morgan fingerprint density at radius 3 is 3.04 bits per heavy atom. The fraction of sp³-hybridized carbons (Fsp3) is 0.400. The lowest BCUT2D eigenvalue weighted by atomic mass is 10.2. The summed E-state index contributed by atoms with van der Waals surface area (Å²) in [6.45, 7) is 2.03. The summed E-state index contributed by atoms with van der Waals surface area (Å²) in [7, 11) is 1.77. The van der Waals surface area contributed by atoms with E-state index in [1.807, 2.05) is 24.3 Å². The lowest BCUT2D eigenvalue weighted by Gasteiger charge is -2.19. The van der Waals surface area contributed by atoms with Gasteiger partial charge in [-0.3, -0.25) is 15.6 Å². The molecule has 2 N–H and O–H groups in total. The normalized spacial score (nSPS) is 17.4. The number of amides is 1. The van der Waals surface area contributed by atoms with Crippen LogP contribution in [0.3, 0.4) is 0 Å². The number of aromatic nitrogens is 3. The largest absolute Gasteiger partial charge is 0.339 e. The molecule has 1 atom stereocenters. The Hall–Kier alpha value is -1.96. The minimum absolute atomic E-state index is 0.135. The van der Waals surface area contributed by atoms with Gasteiger partial charge in [0.05, 0.1) is 12.7 Å². The maximum atomic E-state index is 12.4. The molecule has 122 valence electrons. The minimum atomic E-state index is -0.135. The van der Waals surface area contributed by atoms with Crippen LogP contribution in [-0.2, 0) is 6.54 Å². The number of hydrogen-bond acceptors (Lipinski definition) is 5. The molecule has 1 amide bonds. The van der Waals surface area contributed by atoms with Crippen LogP contribution in [0, 0.1) is 0 Å². The molecule has 8 heteroatoms. The maximum Gasteiger partial charge on any atom is 0.275 e. The summed E-state index contributed by atoms with van der Waals surface area (Å²) in [5.74, 6) is -0.135. The zero-order valence-corrected chi connectivity index (χ0v) is 13.6. The summed E-state index contributed by atoms with van der Waals surface area (Å²) in [4.78, 5) is 14.1. The molecule has 2 aromatic rings.